The Balaban J connectivity index is 2.74. The van der Waals surface area contributed by atoms with Crippen LogP contribution < -0.4 is 5.32 Å². The third-order valence-corrected chi connectivity index (χ3v) is 2.60. The van der Waals surface area contributed by atoms with E-state index in [0.29, 0.717) is 23.7 Å². The van der Waals surface area contributed by atoms with Crippen LogP contribution in [-0.4, -0.2) is 42.5 Å². The molecule has 98 valence electrons. The van der Waals surface area contributed by atoms with Gasteiger partial charge in [-0.15, -0.1) is 0 Å². The standard InChI is InChI=1S/C12H15ClN2O3/c1-15(2)6-5-11(16)14-10-7-8(12(17)18)3-4-9(10)13/h3-4,7H,5-6H2,1-2H3,(H,14,16)(H,17,18). The number of benzene rings is 1. The smallest absolute Gasteiger partial charge is 0.335 e. The van der Waals surface area contributed by atoms with Gasteiger partial charge in [0.1, 0.15) is 0 Å². The zero-order valence-electron chi connectivity index (χ0n) is 10.2. The van der Waals surface area contributed by atoms with Crippen molar-refractivity contribution in [3.63, 3.8) is 0 Å². The number of nitrogens with one attached hydrogen (secondary N) is 1. The van der Waals surface area contributed by atoms with Gasteiger partial charge in [0.05, 0.1) is 16.3 Å². The molecule has 0 heterocycles. The second-order valence-corrected chi connectivity index (χ2v) is 4.51. The third kappa shape index (κ3) is 4.35. The average molecular weight is 271 g/mol. The molecule has 0 aliphatic rings. The summed E-state index contributed by atoms with van der Waals surface area (Å²) in [6.07, 6.45) is 0.320. The zero-order valence-corrected chi connectivity index (χ0v) is 11.0. The molecule has 1 amide bonds. The number of hydrogen-bond acceptors (Lipinski definition) is 3. The minimum absolute atomic E-state index is 0.0855. The van der Waals surface area contributed by atoms with Crippen molar-refractivity contribution in [2.45, 2.75) is 6.42 Å². The van der Waals surface area contributed by atoms with Crippen LogP contribution in [0.3, 0.4) is 0 Å². The molecule has 0 saturated heterocycles. The fourth-order valence-electron chi connectivity index (χ4n) is 1.29. The molecule has 5 nitrogen and oxygen atoms in total. The van der Waals surface area contributed by atoms with Gasteiger partial charge in [0.15, 0.2) is 0 Å². The summed E-state index contributed by atoms with van der Waals surface area (Å²) in [6.45, 7) is 0.613. The first-order chi connectivity index (χ1) is 8.40. The van der Waals surface area contributed by atoms with E-state index in [1.807, 2.05) is 19.0 Å². The lowest BCUT2D eigenvalue weighted by Gasteiger charge is -2.11. The van der Waals surface area contributed by atoms with E-state index in [1.54, 1.807) is 0 Å². The third-order valence-electron chi connectivity index (χ3n) is 2.27. The normalized spacial score (nSPS) is 10.4. The summed E-state index contributed by atoms with van der Waals surface area (Å²) in [5, 5.41) is 11.8. The lowest BCUT2D eigenvalue weighted by molar-refractivity contribution is -0.116. The maximum absolute atomic E-state index is 11.6. The van der Waals surface area contributed by atoms with Gasteiger partial charge in [-0.25, -0.2) is 4.79 Å². The van der Waals surface area contributed by atoms with E-state index >= 15 is 0 Å². The zero-order chi connectivity index (χ0) is 13.7. The molecule has 1 rings (SSSR count). The summed E-state index contributed by atoms with van der Waals surface area (Å²) in [7, 11) is 3.73. The molecule has 0 aliphatic carbocycles. The van der Waals surface area contributed by atoms with Gasteiger partial charge in [0.25, 0.3) is 0 Å². The van der Waals surface area contributed by atoms with E-state index in [4.69, 9.17) is 16.7 Å². The maximum atomic E-state index is 11.6. The molecule has 0 bridgehead atoms. The van der Waals surface area contributed by atoms with Gasteiger partial charge < -0.3 is 15.3 Å². The number of carboxylic acid groups (broad SMARTS) is 1. The minimum Gasteiger partial charge on any atom is -0.478 e. The molecule has 0 radical (unpaired) electrons. The van der Waals surface area contributed by atoms with Crippen molar-refractivity contribution < 1.29 is 14.7 Å². The van der Waals surface area contributed by atoms with Crippen molar-refractivity contribution in [1.82, 2.24) is 4.90 Å². The molecule has 0 aromatic heterocycles. The predicted octanol–water partition coefficient (Wildman–Crippen LogP) is 1.93. The summed E-state index contributed by atoms with van der Waals surface area (Å²) in [5.74, 6) is -1.26. The highest BCUT2D eigenvalue weighted by molar-refractivity contribution is 6.33. The second-order valence-electron chi connectivity index (χ2n) is 4.10. The van der Waals surface area contributed by atoms with E-state index in [2.05, 4.69) is 5.32 Å². The molecule has 6 heteroatoms. The molecule has 2 N–H and O–H groups in total. The number of amides is 1. The van der Waals surface area contributed by atoms with Gasteiger partial charge in [-0.05, 0) is 32.3 Å². The quantitative estimate of drug-likeness (QED) is 0.858. The molecular formula is C12H15ClN2O3. The van der Waals surface area contributed by atoms with Crippen LogP contribution in [0.25, 0.3) is 0 Å². The molecule has 18 heavy (non-hydrogen) atoms. The van der Waals surface area contributed by atoms with Crippen molar-refractivity contribution in [3.05, 3.63) is 28.8 Å². The number of carbonyl (C=O) groups is 2. The van der Waals surface area contributed by atoms with E-state index in [1.165, 1.54) is 18.2 Å². The van der Waals surface area contributed by atoms with E-state index < -0.39 is 5.97 Å². The van der Waals surface area contributed by atoms with Crippen molar-refractivity contribution >= 4 is 29.2 Å². The number of anilines is 1. The highest BCUT2D eigenvalue weighted by atomic mass is 35.5. The number of nitrogens with zero attached hydrogens (tertiary/aromatic N) is 1. The van der Waals surface area contributed by atoms with Gasteiger partial charge in [-0.1, -0.05) is 11.6 Å². The van der Waals surface area contributed by atoms with E-state index in [-0.39, 0.29) is 11.5 Å². The van der Waals surface area contributed by atoms with E-state index in [0.717, 1.165) is 0 Å². The molecule has 0 atom stereocenters. The Labute approximate surface area is 110 Å². The Morgan fingerprint density at radius 3 is 2.61 bits per heavy atom. The fourth-order valence-corrected chi connectivity index (χ4v) is 1.46. The van der Waals surface area contributed by atoms with Gasteiger partial charge in [-0.3, -0.25) is 4.79 Å². The Morgan fingerprint density at radius 1 is 1.39 bits per heavy atom. The monoisotopic (exact) mass is 270 g/mol. The second kappa shape index (κ2) is 6.37. The highest BCUT2D eigenvalue weighted by Crippen LogP contribution is 2.23. The molecule has 0 fully saturated rings. The number of carboxylic acids is 1. The summed E-state index contributed by atoms with van der Waals surface area (Å²) in [6, 6.07) is 4.19. The summed E-state index contributed by atoms with van der Waals surface area (Å²) < 4.78 is 0. The Morgan fingerprint density at radius 2 is 2.06 bits per heavy atom. The number of aromatic carboxylic acids is 1. The van der Waals surface area contributed by atoms with Crippen molar-refractivity contribution in [3.8, 4) is 0 Å². The summed E-state index contributed by atoms with van der Waals surface area (Å²) in [4.78, 5) is 24.3. The van der Waals surface area contributed by atoms with Crippen LogP contribution in [0.2, 0.25) is 5.02 Å². The van der Waals surface area contributed by atoms with Crippen LogP contribution >= 0.6 is 11.6 Å². The molecule has 0 spiro atoms. The predicted molar refractivity (Wildman–Crippen MR) is 70.2 cm³/mol. The molecular weight excluding hydrogens is 256 g/mol. The van der Waals surface area contributed by atoms with Crippen LogP contribution in [0.15, 0.2) is 18.2 Å². The van der Waals surface area contributed by atoms with Crippen molar-refractivity contribution in [1.29, 1.82) is 0 Å². The molecule has 0 unspecified atom stereocenters. The maximum Gasteiger partial charge on any atom is 0.335 e. The molecule has 1 aromatic rings. The van der Waals surface area contributed by atoms with Crippen LogP contribution in [-0.2, 0) is 4.79 Å². The average Bonchev–Trinajstić information content (AvgIpc) is 2.29. The number of carbonyl (C=O) groups excluding carboxylic acids is 1. The number of rotatable bonds is 5. The fraction of sp³-hybridized carbons (Fsp3) is 0.333. The van der Waals surface area contributed by atoms with Crippen LogP contribution in [0.1, 0.15) is 16.8 Å². The van der Waals surface area contributed by atoms with Gasteiger partial charge in [-0.2, -0.15) is 0 Å². The Bertz CT molecular complexity index is 461. The number of hydrogen-bond donors (Lipinski definition) is 2. The first-order valence-electron chi connectivity index (χ1n) is 5.37. The summed E-state index contributed by atoms with van der Waals surface area (Å²) >= 11 is 5.89. The Kier molecular flexibility index (Phi) is 5.12. The minimum atomic E-state index is -1.06. The summed E-state index contributed by atoms with van der Waals surface area (Å²) in [5.41, 5.74) is 0.405. The van der Waals surface area contributed by atoms with Gasteiger partial charge in [0.2, 0.25) is 5.91 Å². The number of halogens is 1. The Hall–Kier alpha value is -1.59. The lowest BCUT2D eigenvalue weighted by Crippen LogP contribution is -2.21. The molecule has 1 aromatic carbocycles. The van der Waals surface area contributed by atoms with Gasteiger partial charge in [0, 0.05) is 13.0 Å². The SMILES string of the molecule is CN(C)CCC(=O)Nc1cc(C(=O)O)ccc1Cl. The highest BCUT2D eigenvalue weighted by Gasteiger charge is 2.10. The first-order valence-corrected chi connectivity index (χ1v) is 5.75. The van der Waals surface area contributed by atoms with Crippen LogP contribution in [0.5, 0.6) is 0 Å². The first kappa shape index (κ1) is 14.5. The lowest BCUT2D eigenvalue weighted by atomic mass is 10.2. The topological polar surface area (TPSA) is 69.6 Å². The largest absolute Gasteiger partial charge is 0.478 e. The van der Waals surface area contributed by atoms with Crippen molar-refractivity contribution in [2.75, 3.05) is 26.0 Å². The van der Waals surface area contributed by atoms with E-state index in [9.17, 15) is 9.59 Å². The van der Waals surface area contributed by atoms with Crippen molar-refractivity contribution in [2.24, 2.45) is 0 Å². The van der Waals surface area contributed by atoms with Crippen LogP contribution in [0.4, 0.5) is 5.69 Å². The van der Waals surface area contributed by atoms with Crippen LogP contribution in [0, 0.1) is 0 Å². The molecule has 0 aliphatic heterocycles. The molecule has 0 saturated carbocycles. The van der Waals surface area contributed by atoms with Gasteiger partial charge >= 0.3 is 5.97 Å².